The number of carbonyl (C=O) groups is 1. The largest absolute Gasteiger partial charge is 0.350 e. The second-order valence-electron chi connectivity index (χ2n) is 5.86. The Bertz CT molecular complexity index is 874. The lowest BCUT2D eigenvalue weighted by Crippen LogP contribution is -2.30. The van der Waals surface area contributed by atoms with E-state index >= 15 is 0 Å². The number of sulfonamides is 1. The predicted molar refractivity (Wildman–Crippen MR) is 98.0 cm³/mol. The van der Waals surface area contributed by atoms with Crippen molar-refractivity contribution in [3.8, 4) is 0 Å². The van der Waals surface area contributed by atoms with Crippen molar-refractivity contribution in [3.05, 3.63) is 53.6 Å². The summed E-state index contributed by atoms with van der Waals surface area (Å²) in [5.74, 6) is -0.710. The molecule has 0 bridgehead atoms. The second kappa shape index (κ2) is 8.46. The number of benzene rings is 1. The molecule has 0 saturated carbocycles. The van der Waals surface area contributed by atoms with Gasteiger partial charge in [-0.05, 0) is 24.1 Å². The summed E-state index contributed by atoms with van der Waals surface area (Å²) in [6.07, 6.45) is 1.78. The summed E-state index contributed by atoms with van der Waals surface area (Å²) in [5, 5.41) is 2.70. The van der Waals surface area contributed by atoms with Crippen LogP contribution in [0.15, 0.2) is 41.4 Å². The summed E-state index contributed by atoms with van der Waals surface area (Å²) in [6.45, 7) is 4.50. The van der Waals surface area contributed by atoms with Crippen LogP contribution < -0.4 is 5.32 Å². The molecule has 1 aromatic heterocycles. The first-order valence-electron chi connectivity index (χ1n) is 8.49. The first-order chi connectivity index (χ1) is 12.3. The molecule has 2 aromatic rings. The van der Waals surface area contributed by atoms with E-state index in [1.54, 1.807) is 39.1 Å². The van der Waals surface area contributed by atoms with Crippen molar-refractivity contribution in [2.75, 3.05) is 19.6 Å². The summed E-state index contributed by atoms with van der Waals surface area (Å²) in [4.78, 5) is 12.4. The van der Waals surface area contributed by atoms with Gasteiger partial charge in [0, 0.05) is 32.9 Å². The van der Waals surface area contributed by atoms with E-state index < -0.39 is 15.9 Å². The average Bonchev–Trinajstić information content (AvgIpc) is 3.00. The summed E-state index contributed by atoms with van der Waals surface area (Å²) < 4.78 is 41.5. The third kappa shape index (κ3) is 4.31. The minimum atomic E-state index is -3.62. The van der Waals surface area contributed by atoms with Gasteiger partial charge in [-0.15, -0.1) is 0 Å². The highest BCUT2D eigenvalue weighted by molar-refractivity contribution is 7.89. The molecule has 142 valence electrons. The fourth-order valence-corrected chi connectivity index (χ4v) is 4.25. The van der Waals surface area contributed by atoms with Gasteiger partial charge in [0.1, 0.15) is 16.4 Å². The number of halogens is 1. The van der Waals surface area contributed by atoms with E-state index in [2.05, 4.69) is 5.32 Å². The molecule has 0 saturated heterocycles. The van der Waals surface area contributed by atoms with Crippen LogP contribution in [-0.2, 0) is 23.5 Å². The maximum Gasteiger partial charge on any atom is 0.267 e. The lowest BCUT2D eigenvalue weighted by atomic mass is 10.1. The summed E-state index contributed by atoms with van der Waals surface area (Å²) >= 11 is 0. The van der Waals surface area contributed by atoms with E-state index in [9.17, 15) is 17.6 Å². The molecular formula is C18H24FN3O3S. The van der Waals surface area contributed by atoms with Crippen LogP contribution in [0.5, 0.6) is 0 Å². The van der Waals surface area contributed by atoms with Crippen molar-refractivity contribution in [3.63, 3.8) is 0 Å². The van der Waals surface area contributed by atoms with Crippen molar-refractivity contribution in [2.45, 2.75) is 25.2 Å². The van der Waals surface area contributed by atoms with E-state index in [4.69, 9.17) is 0 Å². The van der Waals surface area contributed by atoms with E-state index in [1.165, 1.54) is 27.2 Å². The number of hydrogen-bond acceptors (Lipinski definition) is 3. The van der Waals surface area contributed by atoms with Gasteiger partial charge >= 0.3 is 0 Å². The van der Waals surface area contributed by atoms with Crippen molar-refractivity contribution in [1.82, 2.24) is 14.2 Å². The van der Waals surface area contributed by atoms with Gasteiger partial charge in [-0.2, -0.15) is 4.31 Å². The molecule has 0 spiro atoms. The molecule has 0 fully saturated rings. The molecule has 1 aromatic carbocycles. The Kier molecular flexibility index (Phi) is 6.55. The molecule has 1 amide bonds. The Hall–Kier alpha value is -2.19. The first-order valence-corrected chi connectivity index (χ1v) is 9.93. The lowest BCUT2D eigenvalue weighted by molar-refractivity contribution is 0.0946. The van der Waals surface area contributed by atoms with Gasteiger partial charge in [0.25, 0.3) is 5.91 Å². The van der Waals surface area contributed by atoms with Crippen LogP contribution in [0.3, 0.4) is 0 Å². The SMILES string of the molecule is CCN(CC)S(=O)(=O)c1cc(C(=O)NCCc2ccccc2F)n(C)c1. The van der Waals surface area contributed by atoms with Crippen molar-refractivity contribution in [2.24, 2.45) is 7.05 Å². The zero-order valence-corrected chi connectivity index (χ0v) is 16.0. The number of rotatable bonds is 8. The van der Waals surface area contributed by atoms with Gasteiger partial charge in [0.05, 0.1) is 0 Å². The molecule has 0 aliphatic carbocycles. The van der Waals surface area contributed by atoms with Crippen LogP contribution in [0.25, 0.3) is 0 Å². The van der Waals surface area contributed by atoms with Crippen LogP contribution in [0.4, 0.5) is 4.39 Å². The quantitative estimate of drug-likeness (QED) is 0.762. The Labute approximate surface area is 153 Å². The zero-order valence-electron chi connectivity index (χ0n) is 15.2. The highest BCUT2D eigenvalue weighted by Gasteiger charge is 2.25. The number of nitrogens with zero attached hydrogens (tertiary/aromatic N) is 2. The van der Waals surface area contributed by atoms with E-state index in [0.29, 0.717) is 25.1 Å². The van der Waals surface area contributed by atoms with Gasteiger partial charge in [-0.3, -0.25) is 4.79 Å². The Morgan fingerprint density at radius 3 is 2.50 bits per heavy atom. The number of amides is 1. The highest BCUT2D eigenvalue weighted by atomic mass is 32.2. The van der Waals surface area contributed by atoms with E-state index in [-0.39, 0.29) is 23.0 Å². The second-order valence-corrected chi connectivity index (χ2v) is 7.80. The van der Waals surface area contributed by atoms with Crippen LogP contribution in [0.2, 0.25) is 0 Å². The number of nitrogens with one attached hydrogen (secondary N) is 1. The topological polar surface area (TPSA) is 71.4 Å². The molecule has 2 rings (SSSR count). The standard InChI is InChI=1S/C18H24FN3O3S/c1-4-22(5-2)26(24,25)15-12-17(21(3)13-15)18(23)20-11-10-14-8-6-7-9-16(14)19/h6-9,12-13H,4-5,10-11H2,1-3H3,(H,20,23). The smallest absolute Gasteiger partial charge is 0.267 e. The van der Waals surface area contributed by atoms with Crippen LogP contribution in [0.1, 0.15) is 29.9 Å². The summed E-state index contributed by atoms with van der Waals surface area (Å²) in [5.41, 5.74) is 0.758. The van der Waals surface area contributed by atoms with E-state index in [0.717, 1.165) is 0 Å². The molecule has 1 heterocycles. The third-order valence-electron chi connectivity index (χ3n) is 4.19. The number of carbonyl (C=O) groups excluding carboxylic acids is 1. The van der Waals surface area contributed by atoms with Gasteiger partial charge in [-0.1, -0.05) is 32.0 Å². The summed E-state index contributed by atoms with van der Waals surface area (Å²) in [7, 11) is -2.00. The van der Waals surface area contributed by atoms with Crippen LogP contribution >= 0.6 is 0 Å². The Morgan fingerprint density at radius 2 is 1.88 bits per heavy atom. The van der Waals surface area contributed by atoms with Gasteiger partial charge in [0.15, 0.2) is 0 Å². The maximum absolute atomic E-state index is 13.6. The molecule has 1 N–H and O–H groups in total. The van der Waals surface area contributed by atoms with Gasteiger partial charge in [0.2, 0.25) is 10.0 Å². The number of aryl methyl sites for hydroxylation is 1. The predicted octanol–water partition coefficient (Wildman–Crippen LogP) is 2.17. The molecular weight excluding hydrogens is 357 g/mol. The van der Waals surface area contributed by atoms with E-state index in [1.807, 2.05) is 0 Å². The van der Waals surface area contributed by atoms with Crippen molar-refractivity contribution < 1.29 is 17.6 Å². The molecule has 0 radical (unpaired) electrons. The maximum atomic E-state index is 13.6. The van der Waals surface area contributed by atoms with Gasteiger partial charge in [-0.25, -0.2) is 12.8 Å². The molecule has 0 atom stereocenters. The summed E-state index contributed by atoms with van der Waals surface area (Å²) in [6, 6.07) is 7.75. The fraction of sp³-hybridized carbons (Fsp3) is 0.389. The number of aromatic nitrogens is 1. The monoisotopic (exact) mass is 381 g/mol. The molecule has 0 aliphatic rings. The molecule has 8 heteroatoms. The number of hydrogen-bond donors (Lipinski definition) is 1. The molecule has 6 nitrogen and oxygen atoms in total. The Balaban J connectivity index is 2.08. The highest BCUT2D eigenvalue weighted by Crippen LogP contribution is 2.18. The molecule has 0 aliphatic heterocycles. The molecule has 0 unspecified atom stereocenters. The van der Waals surface area contributed by atoms with Crippen LogP contribution in [-0.4, -0.2) is 42.8 Å². The third-order valence-corrected chi connectivity index (χ3v) is 6.21. The first kappa shape index (κ1) is 20.1. The average molecular weight is 381 g/mol. The lowest BCUT2D eigenvalue weighted by Gasteiger charge is -2.17. The zero-order chi connectivity index (χ0) is 19.3. The Morgan fingerprint density at radius 1 is 1.23 bits per heavy atom. The normalized spacial score (nSPS) is 11.7. The van der Waals surface area contributed by atoms with Gasteiger partial charge < -0.3 is 9.88 Å². The fourth-order valence-electron chi connectivity index (χ4n) is 2.72. The van der Waals surface area contributed by atoms with Crippen molar-refractivity contribution in [1.29, 1.82) is 0 Å². The van der Waals surface area contributed by atoms with Crippen molar-refractivity contribution >= 4 is 15.9 Å². The minimum Gasteiger partial charge on any atom is -0.350 e. The van der Waals surface area contributed by atoms with Crippen LogP contribution in [0, 0.1) is 5.82 Å². The minimum absolute atomic E-state index is 0.0861. The molecule has 26 heavy (non-hydrogen) atoms.